The summed E-state index contributed by atoms with van der Waals surface area (Å²) in [6.45, 7) is 6.04. The largest absolute Gasteiger partial charge is 0.305 e. The number of hydrogen-bond acceptors (Lipinski definition) is 4. The van der Waals surface area contributed by atoms with Crippen molar-refractivity contribution in [3.63, 3.8) is 0 Å². The van der Waals surface area contributed by atoms with Crippen molar-refractivity contribution in [2.24, 2.45) is 0 Å². The van der Waals surface area contributed by atoms with Crippen LogP contribution in [-0.4, -0.2) is 25.8 Å². The molecule has 0 fully saturated rings. The minimum absolute atomic E-state index is 0.0665. The van der Waals surface area contributed by atoms with Gasteiger partial charge in [-0.1, -0.05) is 17.8 Å². The number of carbonyl (C=O) groups is 1. The second-order valence-corrected chi connectivity index (χ2v) is 5.49. The van der Waals surface area contributed by atoms with Gasteiger partial charge in [0.05, 0.1) is 5.25 Å². The van der Waals surface area contributed by atoms with E-state index in [1.165, 1.54) is 36.0 Å². The van der Waals surface area contributed by atoms with Crippen molar-refractivity contribution in [3.8, 4) is 0 Å². The zero-order valence-corrected chi connectivity index (χ0v) is 11.8. The fraction of sp³-hybridized carbons (Fsp3) is 0.214. The van der Waals surface area contributed by atoms with Crippen molar-refractivity contribution in [2.45, 2.75) is 23.9 Å². The molecule has 0 radical (unpaired) electrons. The lowest BCUT2D eigenvalue weighted by Gasteiger charge is -2.10. The molecule has 0 bridgehead atoms. The van der Waals surface area contributed by atoms with Crippen molar-refractivity contribution in [1.82, 2.24) is 14.8 Å². The standard InChI is InChI=1S/C14H14FN3OS/c1-3-8-18-9-16-17-14(18)20-10(2)13(19)11-4-6-12(15)7-5-11/h3-7,9-10H,1,8H2,2H3/t10-/m1/s1. The number of Topliss-reactive ketones (excluding diaryl/α,β-unsaturated/α-hetero) is 1. The zero-order chi connectivity index (χ0) is 14.5. The molecular formula is C14H14FN3OS. The van der Waals surface area contributed by atoms with Crippen molar-refractivity contribution < 1.29 is 9.18 Å². The normalized spacial score (nSPS) is 12.1. The molecule has 0 N–H and O–H groups in total. The number of ketones is 1. The predicted molar refractivity (Wildman–Crippen MR) is 76.3 cm³/mol. The van der Waals surface area contributed by atoms with Gasteiger partial charge >= 0.3 is 0 Å². The molecule has 1 aromatic heterocycles. The van der Waals surface area contributed by atoms with Crippen LogP contribution in [0.5, 0.6) is 0 Å². The van der Waals surface area contributed by atoms with Gasteiger partial charge in [-0.15, -0.1) is 16.8 Å². The Balaban J connectivity index is 2.09. The van der Waals surface area contributed by atoms with Crippen molar-refractivity contribution in [1.29, 1.82) is 0 Å². The van der Waals surface area contributed by atoms with Gasteiger partial charge in [-0.25, -0.2) is 4.39 Å². The van der Waals surface area contributed by atoms with Crippen molar-refractivity contribution >= 4 is 17.5 Å². The first-order chi connectivity index (χ1) is 9.61. The van der Waals surface area contributed by atoms with E-state index in [1.807, 2.05) is 4.57 Å². The van der Waals surface area contributed by atoms with E-state index in [4.69, 9.17) is 0 Å². The SMILES string of the molecule is C=CCn1cnnc1S[C@H](C)C(=O)c1ccc(F)cc1. The van der Waals surface area contributed by atoms with Gasteiger partial charge < -0.3 is 4.57 Å². The summed E-state index contributed by atoms with van der Waals surface area (Å²) in [6, 6.07) is 5.54. The van der Waals surface area contributed by atoms with E-state index >= 15 is 0 Å². The molecule has 0 spiro atoms. The maximum Gasteiger partial charge on any atom is 0.191 e. The summed E-state index contributed by atoms with van der Waals surface area (Å²) in [7, 11) is 0. The number of thioether (sulfide) groups is 1. The van der Waals surface area contributed by atoms with Gasteiger partial charge in [0.15, 0.2) is 10.9 Å². The van der Waals surface area contributed by atoms with Crippen LogP contribution in [0, 0.1) is 5.82 Å². The van der Waals surface area contributed by atoms with Crippen molar-refractivity contribution in [3.05, 3.63) is 54.6 Å². The number of benzene rings is 1. The maximum absolute atomic E-state index is 12.8. The third kappa shape index (κ3) is 3.33. The summed E-state index contributed by atoms with van der Waals surface area (Å²) in [4.78, 5) is 12.2. The Morgan fingerprint density at radius 2 is 2.20 bits per heavy atom. The number of allylic oxidation sites excluding steroid dienone is 1. The van der Waals surface area contributed by atoms with E-state index in [1.54, 1.807) is 19.3 Å². The molecule has 4 nitrogen and oxygen atoms in total. The number of halogens is 1. The van der Waals surface area contributed by atoms with Crippen LogP contribution < -0.4 is 0 Å². The first-order valence-corrected chi connectivity index (χ1v) is 6.95. The van der Waals surface area contributed by atoms with Crippen LogP contribution in [0.3, 0.4) is 0 Å². The van der Waals surface area contributed by atoms with E-state index in [0.717, 1.165) is 0 Å². The van der Waals surface area contributed by atoms with Gasteiger partial charge in [0.25, 0.3) is 0 Å². The summed E-state index contributed by atoms with van der Waals surface area (Å²) in [6.07, 6.45) is 3.33. The highest BCUT2D eigenvalue weighted by molar-refractivity contribution is 8.00. The first-order valence-electron chi connectivity index (χ1n) is 6.07. The highest BCUT2D eigenvalue weighted by Crippen LogP contribution is 2.23. The zero-order valence-electron chi connectivity index (χ0n) is 11.0. The maximum atomic E-state index is 12.8. The van der Waals surface area contributed by atoms with Crippen LogP contribution in [0.4, 0.5) is 4.39 Å². The quantitative estimate of drug-likeness (QED) is 0.466. The van der Waals surface area contributed by atoms with Gasteiger partial charge in [0.1, 0.15) is 12.1 Å². The highest BCUT2D eigenvalue weighted by Gasteiger charge is 2.19. The van der Waals surface area contributed by atoms with E-state index in [9.17, 15) is 9.18 Å². The van der Waals surface area contributed by atoms with Gasteiger partial charge in [0, 0.05) is 12.1 Å². The topological polar surface area (TPSA) is 47.8 Å². The second-order valence-electron chi connectivity index (χ2n) is 4.19. The van der Waals surface area contributed by atoms with E-state index in [-0.39, 0.29) is 16.9 Å². The number of hydrogen-bond donors (Lipinski definition) is 0. The van der Waals surface area contributed by atoms with E-state index in [2.05, 4.69) is 16.8 Å². The third-order valence-corrected chi connectivity index (χ3v) is 3.78. The Hall–Kier alpha value is -1.95. The van der Waals surface area contributed by atoms with Crippen LogP contribution in [0.1, 0.15) is 17.3 Å². The average molecular weight is 291 g/mol. The lowest BCUT2D eigenvalue weighted by molar-refractivity contribution is 0.0994. The second kappa shape index (κ2) is 6.47. The molecule has 0 saturated carbocycles. The Kier molecular flexibility index (Phi) is 4.68. The molecule has 0 aliphatic rings. The molecule has 2 rings (SSSR count). The summed E-state index contributed by atoms with van der Waals surface area (Å²) in [5, 5.41) is 8.14. The molecule has 1 heterocycles. The van der Waals surface area contributed by atoms with Crippen LogP contribution in [0.15, 0.2) is 48.4 Å². The fourth-order valence-electron chi connectivity index (χ4n) is 1.66. The van der Waals surface area contributed by atoms with Gasteiger partial charge in [0.2, 0.25) is 0 Å². The predicted octanol–water partition coefficient (Wildman–Crippen LogP) is 2.97. The molecule has 0 saturated heterocycles. The van der Waals surface area contributed by atoms with Crippen LogP contribution in [0.25, 0.3) is 0 Å². The summed E-state index contributed by atoms with van der Waals surface area (Å²) >= 11 is 1.32. The smallest absolute Gasteiger partial charge is 0.191 e. The fourth-order valence-corrected chi connectivity index (χ4v) is 2.57. The Morgan fingerprint density at radius 3 is 2.85 bits per heavy atom. The Morgan fingerprint density at radius 1 is 1.50 bits per heavy atom. The highest BCUT2D eigenvalue weighted by atomic mass is 32.2. The molecule has 0 unspecified atom stereocenters. The Bertz CT molecular complexity index is 609. The average Bonchev–Trinajstić information content (AvgIpc) is 2.86. The van der Waals surface area contributed by atoms with Gasteiger partial charge in [-0.3, -0.25) is 4.79 Å². The minimum Gasteiger partial charge on any atom is -0.305 e. The lowest BCUT2D eigenvalue weighted by Crippen LogP contribution is -2.14. The molecule has 0 aliphatic carbocycles. The number of rotatable bonds is 6. The summed E-state index contributed by atoms with van der Waals surface area (Å²) < 4.78 is 14.7. The molecule has 2 aromatic rings. The van der Waals surface area contributed by atoms with Gasteiger partial charge in [-0.05, 0) is 31.2 Å². The number of nitrogens with zero attached hydrogens (tertiary/aromatic N) is 3. The molecule has 1 aromatic carbocycles. The van der Waals surface area contributed by atoms with Crippen LogP contribution in [-0.2, 0) is 6.54 Å². The van der Waals surface area contributed by atoms with E-state index < -0.39 is 0 Å². The molecule has 0 aliphatic heterocycles. The van der Waals surface area contributed by atoms with Crippen LogP contribution >= 0.6 is 11.8 Å². The molecule has 1 atom stereocenters. The minimum atomic E-state index is -0.354. The summed E-state index contributed by atoms with van der Waals surface area (Å²) in [5.41, 5.74) is 0.487. The molecule has 0 amide bonds. The Labute approximate surface area is 120 Å². The molecular weight excluding hydrogens is 277 g/mol. The molecule has 104 valence electrons. The third-order valence-electron chi connectivity index (χ3n) is 2.69. The molecule has 20 heavy (non-hydrogen) atoms. The lowest BCUT2D eigenvalue weighted by atomic mass is 10.1. The monoisotopic (exact) mass is 291 g/mol. The summed E-state index contributed by atoms with van der Waals surface area (Å²) in [5.74, 6) is -0.421. The van der Waals surface area contributed by atoms with Gasteiger partial charge in [-0.2, -0.15) is 0 Å². The van der Waals surface area contributed by atoms with E-state index in [0.29, 0.717) is 17.3 Å². The number of aromatic nitrogens is 3. The first kappa shape index (κ1) is 14.5. The number of carbonyl (C=O) groups excluding carboxylic acids is 1. The van der Waals surface area contributed by atoms with Crippen LogP contribution in [0.2, 0.25) is 0 Å². The van der Waals surface area contributed by atoms with Crippen molar-refractivity contribution in [2.75, 3.05) is 0 Å². The molecule has 6 heteroatoms.